The Kier molecular flexibility index (Phi) is 4.79. The van der Waals surface area contributed by atoms with E-state index in [4.69, 9.17) is 0 Å². The zero-order chi connectivity index (χ0) is 20.6. The number of hydrogen-bond donors (Lipinski definition) is 1. The van der Waals surface area contributed by atoms with Gasteiger partial charge in [-0.1, -0.05) is 0 Å². The quantitative estimate of drug-likeness (QED) is 0.703. The first kappa shape index (κ1) is 19.1. The first-order valence-corrected chi connectivity index (χ1v) is 10.6. The molecule has 0 aliphatic carbocycles. The lowest BCUT2D eigenvalue weighted by Gasteiger charge is -2.11. The molecule has 1 amide bonds. The van der Waals surface area contributed by atoms with Crippen molar-refractivity contribution in [2.75, 3.05) is 18.9 Å². The molecule has 9 nitrogen and oxygen atoms in total. The molecule has 0 radical (unpaired) electrons. The van der Waals surface area contributed by atoms with Gasteiger partial charge in [0.25, 0.3) is 15.9 Å². The van der Waals surface area contributed by atoms with Gasteiger partial charge in [-0.3, -0.25) is 4.79 Å². The molecule has 0 atom stereocenters. The molecule has 3 heterocycles. The molecule has 1 N–H and O–H groups in total. The van der Waals surface area contributed by atoms with E-state index in [1.54, 1.807) is 29.9 Å². The van der Waals surface area contributed by atoms with Gasteiger partial charge in [0.1, 0.15) is 11.4 Å². The van der Waals surface area contributed by atoms with Crippen molar-refractivity contribution in [3.05, 3.63) is 54.0 Å². The van der Waals surface area contributed by atoms with Crippen LogP contribution in [0.5, 0.6) is 0 Å². The minimum atomic E-state index is -3.79. The van der Waals surface area contributed by atoms with Gasteiger partial charge in [-0.05, 0) is 43.7 Å². The molecule has 4 rings (SSSR count). The summed E-state index contributed by atoms with van der Waals surface area (Å²) >= 11 is 0. The van der Waals surface area contributed by atoms with Gasteiger partial charge in [0.05, 0.1) is 10.6 Å². The Bertz CT molecular complexity index is 1210. The Labute approximate surface area is 168 Å². The number of hydrogen-bond acceptors (Lipinski definition) is 5. The normalized spacial score (nSPS) is 15.9. The average molecular weight is 412 g/mol. The fourth-order valence-electron chi connectivity index (χ4n) is 3.27. The average Bonchev–Trinajstić information content (AvgIpc) is 3.23. The highest BCUT2D eigenvalue weighted by Crippen LogP contribution is 2.20. The number of amides is 1. The Balaban J connectivity index is 1.55. The lowest BCUT2D eigenvalue weighted by molar-refractivity contribution is 0.102. The van der Waals surface area contributed by atoms with E-state index in [9.17, 15) is 13.2 Å². The second-order valence-electron chi connectivity index (χ2n) is 6.83. The second-order valence-corrected chi connectivity index (χ2v) is 8.44. The number of likely N-dealkylation sites (tertiary alicyclic amines) is 1. The molecule has 1 aromatic carbocycles. The van der Waals surface area contributed by atoms with E-state index in [1.807, 2.05) is 11.9 Å². The predicted octanol–water partition coefficient (Wildman–Crippen LogP) is 2.10. The van der Waals surface area contributed by atoms with Crippen molar-refractivity contribution in [2.45, 2.75) is 24.7 Å². The smallest absolute Gasteiger partial charge is 0.283 e. The highest BCUT2D eigenvalue weighted by atomic mass is 32.2. The largest absolute Gasteiger partial charge is 0.362 e. The topological polar surface area (TPSA) is 109 Å². The summed E-state index contributed by atoms with van der Waals surface area (Å²) in [5.74, 6) is 0.207. The van der Waals surface area contributed by atoms with Crippen LogP contribution in [0.15, 0.2) is 52.0 Å². The summed E-state index contributed by atoms with van der Waals surface area (Å²) in [6.45, 7) is 2.54. The fourth-order valence-corrected chi connectivity index (χ4v) is 4.36. The van der Waals surface area contributed by atoms with Gasteiger partial charge in [0.15, 0.2) is 5.65 Å². The van der Waals surface area contributed by atoms with Crippen LogP contribution in [0.2, 0.25) is 0 Å². The third-order valence-corrected chi connectivity index (χ3v) is 6.09. The van der Waals surface area contributed by atoms with E-state index in [1.165, 1.54) is 24.3 Å². The van der Waals surface area contributed by atoms with Crippen molar-refractivity contribution in [2.24, 2.45) is 4.40 Å². The van der Waals surface area contributed by atoms with Crippen LogP contribution in [0.3, 0.4) is 0 Å². The van der Waals surface area contributed by atoms with Crippen molar-refractivity contribution >= 4 is 33.1 Å². The van der Waals surface area contributed by atoms with Crippen LogP contribution in [0.1, 0.15) is 28.9 Å². The van der Waals surface area contributed by atoms with Crippen LogP contribution in [0.25, 0.3) is 5.65 Å². The molecule has 1 fully saturated rings. The molecular weight excluding hydrogens is 392 g/mol. The first-order chi connectivity index (χ1) is 13.8. The standard InChI is InChI=1S/C19H20N6O3S/c1-13-17(18-20-10-4-12-25(18)22-13)19(26)21-14-6-8-15(9-7-14)29(27,28)23-16-5-3-11-24(16)2/h4,6-10,12H,3,5,11H2,1-2H3,(H,21,26)/b23-16+. The number of sulfonamides is 1. The van der Waals surface area contributed by atoms with Gasteiger partial charge in [-0.2, -0.15) is 13.5 Å². The third-order valence-electron chi connectivity index (χ3n) is 4.77. The molecule has 29 heavy (non-hydrogen) atoms. The number of benzene rings is 1. The molecule has 1 aliphatic rings. The Morgan fingerprint density at radius 1 is 1.24 bits per heavy atom. The zero-order valence-electron chi connectivity index (χ0n) is 16.0. The lowest BCUT2D eigenvalue weighted by atomic mass is 10.2. The number of fused-ring (bicyclic) bond motifs is 1. The van der Waals surface area contributed by atoms with Crippen molar-refractivity contribution < 1.29 is 13.2 Å². The van der Waals surface area contributed by atoms with Crippen LogP contribution in [0.4, 0.5) is 5.69 Å². The summed E-state index contributed by atoms with van der Waals surface area (Å²) in [5, 5.41) is 7.04. The van der Waals surface area contributed by atoms with Crippen LogP contribution in [-0.2, 0) is 10.0 Å². The maximum Gasteiger partial charge on any atom is 0.283 e. The van der Waals surface area contributed by atoms with E-state index in [-0.39, 0.29) is 10.8 Å². The molecule has 1 saturated heterocycles. The maximum atomic E-state index is 12.7. The molecule has 0 spiro atoms. The molecule has 0 bridgehead atoms. The number of aryl methyl sites for hydroxylation is 1. The van der Waals surface area contributed by atoms with Crippen LogP contribution in [0, 0.1) is 6.92 Å². The molecule has 10 heteroatoms. The van der Waals surface area contributed by atoms with E-state index in [0.29, 0.717) is 34.8 Å². The van der Waals surface area contributed by atoms with E-state index >= 15 is 0 Å². The van der Waals surface area contributed by atoms with E-state index in [0.717, 1.165) is 13.0 Å². The highest BCUT2D eigenvalue weighted by molar-refractivity contribution is 7.90. The van der Waals surface area contributed by atoms with Gasteiger partial charge in [-0.15, -0.1) is 4.40 Å². The number of anilines is 1. The summed E-state index contributed by atoms with van der Waals surface area (Å²) in [5.41, 5.74) is 1.85. The van der Waals surface area contributed by atoms with Gasteiger partial charge in [0, 0.05) is 38.1 Å². The molecule has 0 saturated carbocycles. The maximum absolute atomic E-state index is 12.7. The van der Waals surface area contributed by atoms with E-state index in [2.05, 4.69) is 19.8 Å². The van der Waals surface area contributed by atoms with Gasteiger partial charge in [0.2, 0.25) is 0 Å². The summed E-state index contributed by atoms with van der Waals surface area (Å²) in [4.78, 5) is 18.8. The number of aromatic nitrogens is 3. The fraction of sp³-hybridized carbons (Fsp3) is 0.263. The number of nitrogens with zero attached hydrogens (tertiary/aromatic N) is 5. The third kappa shape index (κ3) is 3.70. The molecule has 2 aromatic heterocycles. The Hall–Kier alpha value is -3.27. The summed E-state index contributed by atoms with van der Waals surface area (Å²) in [6, 6.07) is 7.68. The minimum Gasteiger partial charge on any atom is -0.362 e. The highest BCUT2D eigenvalue weighted by Gasteiger charge is 2.21. The van der Waals surface area contributed by atoms with Crippen molar-refractivity contribution in [3.63, 3.8) is 0 Å². The van der Waals surface area contributed by atoms with Crippen molar-refractivity contribution in [3.8, 4) is 0 Å². The number of nitrogens with one attached hydrogen (secondary N) is 1. The molecule has 0 unspecified atom stereocenters. The van der Waals surface area contributed by atoms with Crippen LogP contribution < -0.4 is 5.32 Å². The minimum absolute atomic E-state index is 0.0807. The number of carbonyl (C=O) groups is 1. The number of rotatable bonds is 4. The van der Waals surface area contributed by atoms with Gasteiger partial charge >= 0.3 is 0 Å². The van der Waals surface area contributed by atoms with Crippen LogP contribution in [-0.4, -0.2) is 53.3 Å². The predicted molar refractivity (Wildman–Crippen MR) is 109 cm³/mol. The SMILES string of the molecule is Cc1nn2cccnc2c1C(=O)Nc1ccc(S(=O)(=O)/N=C2\CCCN2C)cc1. The van der Waals surface area contributed by atoms with Crippen LogP contribution >= 0.6 is 0 Å². The summed E-state index contributed by atoms with van der Waals surface area (Å²) in [7, 11) is -1.96. The molecule has 150 valence electrons. The van der Waals surface area contributed by atoms with Gasteiger partial charge in [-0.25, -0.2) is 9.50 Å². The van der Waals surface area contributed by atoms with E-state index < -0.39 is 10.0 Å². The summed E-state index contributed by atoms with van der Waals surface area (Å²) in [6.07, 6.45) is 4.86. The molecule has 1 aliphatic heterocycles. The van der Waals surface area contributed by atoms with Gasteiger partial charge < -0.3 is 10.2 Å². The number of carbonyl (C=O) groups excluding carboxylic acids is 1. The first-order valence-electron chi connectivity index (χ1n) is 9.11. The number of amidine groups is 1. The zero-order valence-corrected chi connectivity index (χ0v) is 16.8. The molecule has 3 aromatic rings. The lowest BCUT2D eigenvalue weighted by Crippen LogP contribution is -2.20. The van der Waals surface area contributed by atoms with Crippen molar-refractivity contribution in [1.82, 2.24) is 19.5 Å². The van der Waals surface area contributed by atoms with Crippen molar-refractivity contribution in [1.29, 1.82) is 0 Å². The Morgan fingerprint density at radius 2 is 2.00 bits per heavy atom. The Morgan fingerprint density at radius 3 is 2.69 bits per heavy atom. The monoisotopic (exact) mass is 412 g/mol. The second kappa shape index (κ2) is 7.28. The molecular formula is C19H20N6O3S. The summed E-state index contributed by atoms with van der Waals surface area (Å²) < 4.78 is 30.5.